The van der Waals surface area contributed by atoms with E-state index in [-0.39, 0.29) is 4.87 Å². The minimum Gasteiger partial charge on any atom is -0.306 e. The fourth-order valence-electron chi connectivity index (χ4n) is 1.33. The third-order valence-electron chi connectivity index (χ3n) is 2.01. The standard InChI is InChI=1S/C9H14BrNOS/c1-2-3-8(6-10)7-11-4-5-13-9(11)12/h4-5,8H,2-3,6-7H2,1H3. The van der Waals surface area contributed by atoms with Gasteiger partial charge in [-0.3, -0.25) is 4.79 Å². The molecule has 1 rings (SSSR count). The zero-order chi connectivity index (χ0) is 9.68. The van der Waals surface area contributed by atoms with E-state index >= 15 is 0 Å². The molecule has 0 saturated carbocycles. The van der Waals surface area contributed by atoms with Gasteiger partial charge in [-0.2, -0.15) is 0 Å². The molecule has 0 radical (unpaired) electrons. The Labute approximate surface area is 90.7 Å². The summed E-state index contributed by atoms with van der Waals surface area (Å²) >= 11 is 4.74. The zero-order valence-corrected chi connectivity index (χ0v) is 10.1. The Kier molecular flexibility index (Phi) is 4.73. The highest BCUT2D eigenvalue weighted by Crippen LogP contribution is 2.11. The van der Waals surface area contributed by atoms with Crippen molar-refractivity contribution in [2.45, 2.75) is 26.3 Å². The Hall–Kier alpha value is -0.0900. The zero-order valence-electron chi connectivity index (χ0n) is 7.70. The SMILES string of the molecule is CCCC(CBr)Cn1ccsc1=O. The van der Waals surface area contributed by atoms with Crippen molar-refractivity contribution in [2.24, 2.45) is 5.92 Å². The summed E-state index contributed by atoms with van der Waals surface area (Å²) in [7, 11) is 0. The summed E-state index contributed by atoms with van der Waals surface area (Å²) in [4.78, 5) is 11.4. The van der Waals surface area contributed by atoms with Crippen LogP contribution >= 0.6 is 27.3 Å². The Morgan fingerprint density at radius 2 is 2.46 bits per heavy atom. The Morgan fingerprint density at radius 1 is 1.69 bits per heavy atom. The predicted octanol–water partition coefficient (Wildman–Crippen LogP) is 2.72. The maximum Gasteiger partial charge on any atom is 0.307 e. The summed E-state index contributed by atoms with van der Waals surface area (Å²) in [5.74, 6) is 0.581. The van der Waals surface area contributed by atoms with Crippen molar-refractivity contribution in [3.8, 4) is 0 Å². The van der Waals surface area contributed by atoms with Crippen molar-refractivity contribution in [1.82, 2.24) is 4.57 Å². The maximum atomic E-state index is 11.2. The van der Waals surface area contributed by atoms with Crippen LogP contribution in [0.25, 0.3) is 0 Å². The smallest absolute Gasteiger partial charge is 0.306 e. The average Bonchev–Trinajstić information content (AvgIpc) is 2.51. The number of hydrogen-bond donors (Lipinski definition) is 0. The molecule has 0 saturated heterocycles. The first-order valence-electron chi connectivity index (χ1n) is 4.47. The van der Waals surface area contributed by atoms with Crippen molar-refractivity contribution >= 4 is 27.3 Å². The third-order valence-corrected chi connectivity index (χ3v) is 3.62. The van der Waals surface area contributed by atoms with E-state index in [0.29, 0.717) is 5.92 Å². The monoisotopic (exact) mass is 263 g/mol. The number of aromatic nitrogens is 1. The second-order valence-electron chi connectivity index (χ2n) is 3.13. The first kappa shape index (κ1) is 11.0. The highest BCUT2D eigenvalue weighted by atomic mass is 79.9. The number of halogens is 1. The molecule has 1 aromatic heterocycles. The van der Waals surface area contributed by atoms with Crippen LogP contribution in [0.1, 0.15) is 19.8 Å². The van der Waals surface area contributed by atoms with Crippen molar-refractivity contribution < 1.29 is 0 Å². The minimum atomic E-state index is 0.155. The molecule has 4 heteroatoms. The summed E-state index contributed by atoms with van der Waals surface area (Å²) in [5, 5.41) is 2.82. The van der Waals surface area contributed by atoms with E-state index in [0.717, 1.165) is 11.9 Å². The Balaban J connectivity index is 2.56. The fourth-order valence-corrected chi connectivity index (χ4v) is 2.45. The van der Waals surface area contributed by atoms with Crippen molar-refractivity contribution in [2.75, 3.05) is 5.33 Å². The molecule has 0 bridgehead atoms. The van der Waals surface area contributed by atoms with Gasteiger partial charge in [-0.15, -0.1) is 0 Å². The molecule has 13 heavy (non-hydrogen) atoms. The van der Waals surface area contributed by atoms with Gasteiger partial charge >= 0.3 is 4.87 Å². The van der Waals surface area contributed by atoms with Gasteiger partial charge < -0.3 is 4.57 Å². The molecule has 0 N–H and O–H groups in total. The van der Waals surface area contributed by atoms with Crippen LogP contribution in [-0.4, -0.2) is 9.90 Å². The van der Waals surface area contributed by atoms with E-state index in [1.807, 2.05) is 11.6 Å². The van der Waals surface area contributed by atoms with Crippen LogP contribution in [-0.2, 0) is 6.54 Å². The molecule has 74 valence electrons. The minimum absolute atomic E-state index is 0.155. The second-order valence-corrected chi connectivity index (χ2v) is 4.63. The summed E-state index contributed by atoms with van der Waals surface area (Å²) in [6, 6.07) is 0. The second kappa shape index (κ2) is 5.60. The lowest BCUT2D eigenvalue weighted by Gasteiger charge is -2.12. The summed E-state index contributed by atoms with van der Waals surface area (Å²) < 4.78 is 1.80. The molecule has 0 aliphatic carbocycles. The Morgan fingerprint density at radius 3 is 2.92 bits per heavy atom. The normalized spacial score (nSPS) is 13.1. The first-order chi connectivity index (χ1) is 6.27. The molecule has 2 nitrogen and oxygen atoms in total. The molecule has 0 amide bonds. The first-order valence-corrected chi connectivity index (χ1v) is 6.48. The maximum absolute atomic E-state index is 11.2. The number of hydrogen-bond acceptors (Lipinski definition) is 2. The summed E-state index contributed by atoms with van der Waals surface area (Å²) in [6.07, 6.45) is 4.22. The topological polar surface area (TPSA) is 22.0 Å². The van der Waals surface area contributed by atoms with Crippen molar-refractivity contribution in [3.63, 3.8) is 0 Å². The van der Waals surface area contributed by atoms with Crippen LogP contribution in [0.2, 0.25) is 0 Å². The average molecular weight is 264 g/mol. The summed E-state index contributed by atoms with van der Waals surface area (Å²) in [6.45, 7) is 3.02. The predicted molar refractivity (Wildman–Crippen MR) is 60.8 cm³/mol. The van der Waals surface area contributed by atoms with Gasteiger partial charge in [0.15, 0.2) is 0 Å². The van der Waals surface area contributed by atoms with Crippen molar-refractivity contribution in [3.05, 3.63) is 21.2 Å². The van der Waals surface area contributed by atoms with Gasteiger partial charge in [0, 0.05) is 23.5 Å². The molecule has 1 aromatic rings. The van der Waals surface area contributed by atoms with E-state index in [2.05, 4.69) is 22.9 Å². The fraction of sp³-hybridized carbons (Fsp3) is 0.667. The molecule has 0 aliphatic heterocycles. The van der Waals surface area contributed by atoms with Gasteiger partial charge in [0.25, 0.3) is 0 Å². The van der Waals surface area contributed by atoms with Crippen LogP contribution < -0.4 is 4.87 Å². The van der Waals surface area contributed by atoms with E-state index in [9.17, 15) is 4.79 Å². The van der Waals surface area contributed by atoms with Gasteiger partial charge in [-0.05, 0) is 12.3 Å². The molecule has 0 aliphatic rings. The van der Waals surface area contributed by atoms with Gasteiger partial charge in [-0.1, -0.05) is 40.6 Å². The van der Waals surface area contributed by atoms with E-state index in [4.69, 9.17) is 0 Å². The van der Waals surface area contributed by atoms with Gasteiger partial charge in [0.1, 0.15) is 0 Å². The highest BCUT2D eigenvalue weighted by Gasteiger charge is 2.07. The largest absolute Gasteiger partial charge is 0.307 e. The molecule has 1 unspecified atom stereocenters. The molecular formula is C9H14BrNOS. The molecular weight excluding hydrogens is 250 g/mol. The Bertz CT molecular complexity index is 294. The molecule has 1 heterocycles. The lowest BCUT2D eigenvalue weighted by molar-refractivity contribution is 0.452. The molecule has 0 aromatic carbocycles. The van der Waals surface area contributed by atoms with E-state index < -0.39 is 0 Å². The quantitative estimate of drug-likeness (QED) is 0.749. The number of thiazole rings is 1. The third kappa shape index (κ3) is 3.27. The van der Waals surface area contributed by atoms with Crippen LogP contribution in [0, 0.1) is 5.92 Å². The van der Waals surface area contributed by atoms with E-state index in [1.54, 1.807) is 4.57 Å². The number of alkyl halides is 1. The highest BCUT2D eigenvalue weighted by molar-refractivity contribution is 9.09. The van der Waals surface area contributed by atoms with Crippen LogP contribution in [0.4, 0.5) is 0 Å². The molecule has 0 fully saturated rings. The van der Waals surface area contributed by atoms with Crippen LogP contribution in [0.5, 0.6) is 0 Å². The van der Waals surface area contributed by atoms with E-state index in [1.165, 1.54) is 24.2 Å². The van der Waals surface area contributed by atoms with Gasteiger partial charge in [-0.25, -0.2) is 0 Å². The lowest BCUT2D eigenvalue weighted by atomic mass is 10.1. The van der Waals surface area contributed by atoms with Gasteiger partial charge in [0.05, 0.1) is 0 Å². The van der Waals surface area contributed by atoms with Crippen LogP contribution in [0.15, 0.2) is 16.4 Å². The van der Waals surface area contributed by atoms with Crippen molar-refractivity contribution in [1.29, 1.82) is 0 Å². The molecule has 0 spiro atoms. The molecule has 1 atom stereocenters. The number of nitrogens with zero attached hydrogens (tertiary/aromatic N) is 1. The summed E-state index contributed by atoms with van der Waals surface area (Å²) in [5.41, 5.74) is 0. The number of rotatable bonds is 5. The van der Waals surface area contributed by atoms with Gasteiger partial charge in [0.2, 0.25) is 0 Å². The lowest BCUT2D eigenvalue weighted by Crippen LogP contribution is -2.19. The van der Waals surface area contributed by atoms with Crippen LogP contribution in [0.3, 0.4) is 0 Å².